The lowest BCUT2D eigenvalue weighted by Crippen LogP contribution is -2.38. The van der Waals surface area contributed by atoms with Gasteiger partial charge in [-0.25, -0.2) is 4.79 Å². The van der Waals surface area contributed by atoms with Crippen LogP contribution in [0.15, 0.2) is 60.7 Å². The highest BCUT2D eigenvalue weighted by molar-refractivity contribution is 5.99. The quantitative estimate of drug-likeness (QED) is 0.388. The molecule has 1 aliphatic heterocycles. The van der Waals surface area contributed by atoms with Crippen molar-refractivity contribution in [3.8, 4) is 5.75 Å². The molecule has 0 saturated carbocycles. The molecule has 1 unspecified atom stereocenters. The Morgan fingerprint density at radius 1 is 0.771 bits per heavy atom. The van der Waals surface area contributed by atoms with E-state index in [1.165, 1.54) is 0 Å². The zero-order valence-corrected chi connectivity index (χ0v) is 21.6. The number of benzene rings is 3. The zero-order chi connectivity index (χ0) is 25.3. The number of rotatable bonds is 8. The van der Waals surface area contributed by atoms with Crippen LogP contribution >= 0.6 is 0 Å². The van der Waals surface area contributed by atoms with Crippen LogP contribution in [0.3, 0.4) is 0 Å². The molecule has 0 bridgehead atoms. The maximum absolute atomic E-state index is 14.0. The standard InChI is InChI=1S/C29H36N4O2/c1-7-33(8-2)24-14-15-25(20(17-24)19-30)29(21-9-11-22(12-10-21)31(3)4)26-16-13-23(32(5)6)18-27(26)35-28(29)34/h9-18H,7-8,19,30H2,1-6H3. The van der Waals surface area contributed by atoms with E-state index in [-0.39, 0.29) is 5.97 Å². The molecule has 3 aromatic rings. The molecule has 0 aliphatic carbocycles. The Labute approximate surface area is 208 Å². The summed E-state index contributed by atoms with van der Waals surface area (Å²) in [7, 11) is 7.96. The molecule has 0 amide bonds. The Balaban J connectivity index is 2.01. The summed E-state index contributed by atoms with van der Waals surface area (Å²) in [6.45, 7) is 6.39. The highest BCUT2D eigenvalue weighted by Crippen LogP contribution is 2.51. The number of esters is 1. The van der Waals surface area contributed by atoms with Crippen LogP contribution in [0.2, 0.25) is 0 Å². The van der Waals surface area contributed by atoms with Crippen molar-refractivity contribution in [1.29, 1.82) is 0 Å². The van der Waals surface area contributed by atoms with Gasteiger partial charge in [0.25, 0.3) is 0 Å². The minimum atomic E-state index is -1.10. The predicted octanol–water partition coefficient (Wildman–Crippen LogP) is 4.38. The van der Waals surface area contributed by atoms with Crippen LogP contribution in [-0.4, -0.2) is 47.2 Å². The SMILES string of the molecule is CCN(CC)c1ccc(C2(c3ccc(N(C)C)cc3)C(=O)Oc3cc(N(C)C)ccc32)c(CN)c1. The molecular weight excluding hydrogens is 436 g/mol. The van der Waals surface area contributed by atoms with Crippen molar-refractivity contribution in [1.82, 2.24) is 0 Å². The minimum absolute atomic E-state index is 0.300. The summed E-state index contributed by atoms with van der Waals surface area (Å²) in [4.78, 5) is 20.3. The van der Waals surface area contributed by atoms with Crippen molar-refractivity contribution >= 4 is 23.0 Å². The molecule has 1 aliphatic rings. The number of fused-ring (bicyclic) bond motifs is 1. The second-order valence-corrected chi connectivity index (χ2v) is 9.37. The van der Waals surface area contributed by atoms with Gasteiger partial charge in [-0.15, -0.1) is 0 Å². The number of carbonyl (C=O) groups is 1. The van der Waals surface area contributed by atoms with Gasteiger partial charge in [0.2, 0.25) is 0 Å². The molecule has 0 aromatic heterocycles. The van der Waals surface area contributed by atoms with Crippen LogP contribution in [0.4, 0.5) is 17.1 Å². The molecule has 184 valence electrons. The van der Waals surface area contributed by atoms with Crippen LogP contribution < -0.4 is 25.2 Å². The molecule has 1 heterocycles. The normalized spacial score (nSPS) is 16.6. The first kappa shape index (κ1) is 24.6. The van der Waals surface area contributed by atoms with E-state index in [0.29, 0.717) is 12.3 Å². The summed E-state index contributed by atoms with van der Waals surface area (Å²) in [6.07, 6.45) is 0. The lowest BCUT2D eigenvalue weighted by molar-refractivity contribution is -0.135. The highest BCUT2D eigenvalue weighted by atomic mass is 16.5. The summed E-state index contributed by atoms with van der Waals surface area (Å²) in [6, 6.07) is 20.4. The Morgan fingerprint density at radius 2 is 1.34 bits per heavy atom. The molecule has 0 spiro atoms. The van der Waals surface area contributed by atoms with E-state index >= 15 is 0 Å². The monoisotopic (exact) mass is 472 g/mol. The average Bonchev–Trinajstić information content (AvgIpc) is 3.16. The summed E-state index contributed by atoms with van der Waals surface area (Å²) in [5.74, 6) is 0.292. The van der Waals surface area contributed by atoms with Gasteiger partial charge < -0.3 is 25.2 Å². The highest BCUT2D eigenvalue weighted by Gasteiger charge is 2.53. The topological polar surface area (TPSA) is 62.0 Å². The van der Waals surface area contributed by atoms with Gasteiger partial charge in [0.15, 0.2) is 0 Å². The summed E-state index contributed by atoms with van der Waals surface area (Å²) in [5, 5.41) is 0. The molecule has 2 N–H and O–H groups in total. The van der Waals surface area contributed by atoms with Gasteiger partial charge in [0, 0.05) is 76.5 Å². The number of nitrogens with zero attached hydrogens (tertiary/aromatic N) is 3. The number of anilines is 3. The summed E-state index contributed by atoms with van der Waals surface area (Å²) >= 11 is 0. The van der Waals surface area contributed by atoms with Crippen molar-refractivity contribution in [3.63, 3.8) is 0 Å². The molecule has 1 atom stereocenters. The van der Waals surface area contributed by atoms with Crippen molar-refractivity contribution in [2.75, 3.05) is 56.0 Å². The lowest BCUT2D eigenvalue weighted by atomic mass is 9.68. The maximum Gasteiger partial charge on any atom is 0.331 e. The third-order valence-corrected chi connectivity index (χ3v) is 7.05. The van der Waals surface area contributed by atoms with Gasteiger partial charge in [0.05, 0.1) is 0 Å². The molecular formula is C29H36N4O2. The van der Waals surface area contributed by atoms with Gasteiger partial charge >= 0.3 is 5.97 Å². The first-order chi connectivity index (χ1) is 16.8. The van der Waals surface area contributed by atoms with Crippen LogP contribution in [-0.2, 0) is 16.8 Å². The molecule has 3 aromatic carbocycles. The van der Waals surface area contributed by atoms with E-state index in [1.54, 1.807) is 0 Å². The van der Waals surface area contributed by atoms with E-state index in [2.05, 4.69) is 36.9 Å². The third-order valence-electron chi connectivity index (χ3n) is 7.05. The number of ether oxygens (including phenoxy) is 1. The predicted molar refractivity (Wildman–Crippen MR) is 145 cm³/mol. The van der Waals surface area contributed by atoms with Gasteiger partial charge in [0.1, 0.15) is 11.2 Å². The first-order valence-electron chi connectivity index (χ1n) is 12.2. The molecule has 0 saturated heterocycles. The van der Waals surface area contributed by atoms with Gasteiger partial charge in [-0.2, -0.15) is 0 Å². The number of hydrogen-bond acceptors (Lipinski definition) is 6. The van der Waals surface area contributed by atoms with Gasteiger partial charge in [-0.1, -0.05) is 24.3 Å². The third kappa shape index (κ3) is 4.02. The fourth-order valence-corrected chi connectivity index (χ4v) is 5.06. The van der Waals surface area contributed by atoms with Crippen molar-refractivity contribution in [3.05, 3.63) is 82.9 Å². The summed E-state index contributed by atoms with van der Waals surface area (Å²) in [5.41, 5.74) is 11.9. The van der Waals surface area contributed by atoms with Crippen LogP contribution in [0.25, 0.3) is 0 Å². The maximum atomic E-state index is 14.0. The van der Waals surface area contributed by atoms with Gasteiger partial charge in [-0.3, -0.25) is 0 Å². The zero-order valence-electron chi connectivity index (χ0n) is 21.6. The van der Waals surface area contributed by atoms with E-state index < -0.39 is 5.41 Å². The second kappa shape index (κ2) is 9.62. The van der Waals surface area contributed by atoms with E-state index in [9.17, 15) is 4.79 Å². The van der Waals surface area contributed by atoms with Crippen LogP contribution in [0, 0.1) is 0 Å². The van der Waals surface area contributed by atoms with E-state index in [0.717, 1.165) is 52.4 Å². The van der Waals surface area contributed by atoms with E-state index in [1.807, 2.05) is 80.5 Å². The lowest BCUT2D eigenvalue weighted by Gasteiger charge is -2.31. The Hall–Kier alpha value is -3.51. The van der Waals surface area contributed by atoms with E-state index in [4.69, 9.17) is 10.5 Å². The smallest absolute Gasteiger partial charge is 0.331 e. The van der Waals surface area contributed by atoms with Crippen molar-refractivity contribution in [2.45, 2.75) is 25.8 Å². The number of carbonyl (C=O) groups excluding carboxylic acids is 1. The second-order valence-electron chi connectivity index (χ2n) is 9.37. The molecule has 0 fully saturated rings. The Kier molecular flexibility index (Phi) is 6.77. The number of nitrogens with two attached hydrogens (primary N) is 1. The Morgan fingerprint density at radius 3 is 1.91 bits per heavy atom. The fraction of sp³-hybridized carbons (Fsp3) is 0.345. The minimum Gasteiger partial charge on any atom is -0.425 e. The van der Waals surface area contributed by atoms with Crippen molar-refractivity contribution < 1.29 is 9.53 Å². The Bertz CT molecular complexity index is 1220. The number of hydrogen-bond donors (Lipinski definition) is 1. The van der Waals surface area contributed by atoms with Crippen molar-refractivity contribution in [2.24, 2.45) is 5.73 Å². The fourth-order valence-electron chi connectivity index (χ4n) is 5.06. The largest absolute Gasteiger partial charge is 0.425 e. The molecule has 4 rings (SSSR count). The molecule has 6 heteroatoms. The molecule has 35 heavy (non-hydrogen) atoms. The molecule has 0 radical (unpaired) electrons. The van der Waals surface area contributed by atoms with Crippen LogP contribution in [0.5, 0.6) is 5.75 Å². The average molecular weight is 473 g/mol. The summed E-state index contributed by atoms with van der Waals surface area (Å²) < 4.78 is 5.99. The first-order valence-corrected chi connectivity index (χ1v) is 12.2. The van der Waals surface area contributed by atoms with Crippen LogP contribution in [0.1, 0.15) is 36.1 Å². The van der Waals surface area contributed by atoms with Gasteiger partial charge in [-0.05, 0) is 60.9 Å². The molecule has 6 nitrogen and oxygen atoms in total.